The van der Waals surface area contributed by atoms with Crippen LogP contribution in [0.2, 0.25) is 0 Å². The summed E-state index contributed by atoms with van der Waals surface area (Å²) in [4.78, 5) is 5.27. The van der Waals surface area contributed by atoms with Crippen molar-refractivity contribution < 1.29 is 0 Å². The molecule has 0 unspecified atom stereocenters. The molecule has 0 aromatic heterocycles. The van der Waals surface area contributed by atoms with Crippen LogP contribution < -0.4 is 0 Å². The number of rotatable bonds is 9. The molecular weight excluding hydrogens is 264 g/mol. The van der Waals surface area contributed by atoms with E-state index in [2.05, 4.69) is 43.2 Å². The molecule has 1 saturated heterocycles. The van der Waals surface area contributed by atoms with E-state index in [1.165, 1.54) is 77.7 Å². The van der Waals surface area contributed by atoms with E-state index in [4.69, 9.17) is 0 Å². The average Bonchev–Trinajstić information content (AvgIpc) is 2.41. The van der Waals surface area contributed by atoms with Crippen molar-refractivity contribution in [3.05, 3.63) is 0 Å². The number of piperazine rings is 1. The third-order valence-electron chi connectivity index (χ3n) is 4.45. The molecule has 0 aliphatic carbocycles. The lowest BCUT2D eigenvalue weighted by atomic mass is 10.0. The van der Waals surface area contributed by atoms with Crippen LogP contribution in [0, 0.1) is 0 Å². The lowest BCUT2D eigenvalue weighted by Crippen LogP contribution is -2.53. The number of unbranched alkanes of at least 4 members (excludes halogenated alkanes) is 6. The fourth-order valence-electron chi connectivity index (χ4n) is 2.97. The molecule has 0 atom stereocenters. The Kier molecular flexibility index (Phi) is 9.23. The highest BCUT2D eigenvalue weighted by atomic mass is 32.1. The van der Waals surface area contributed by atoms with E-state index in [1.54, 1.807) is 0 Å². The van der Waals surface area contributed by atoms with Crippen LogP contribution in [0.4, 0.5) is 0 Å². The third-order valence-corrected chi connectivity index (χ3v) is 4.77. The minimum atomic E-state index is 0.346. The fraction of sp³-hybridized carbons (Fsp3) is 1.00. The predicted octanol–water partition coefficient (Wildman–Crippen LogP) is 4.06. The zero-order valence-corrected chi connectivity index (χ0v) is 14.9. The predicted molar refractivity (Wildman–Crippen MR) is 93.9 cm³/mol. The third kappa shape index (κ3) is 7.90. The van der Waals surface area contributed by atoms with Gasteiger partial charge < -0.3 is 4.90 Å². The SMILES string of the molecule is CC(C)(C)N1CCN(CCCCCCCCCS)CC1. The number of hydrogen-bond donors (Lipinski definition) is 1. The quantitative estimate of drug-likeness (QED) is 0.507. The van der Waals surface area contributed by atoms with Gasteiger partial charge in [-0.3, -0.25) is 4.90 Å². The van der Waals surface area contributed by atoms with Gasteiger partial charge in [-0.05, 0) is 45.9 Å². The van der Waals surface area contributed by atoms with Crippen LogP contribution in [0.15, 0.2) is 0 Å². The molecule has 0 amide bonds. The molecule has 1 aliphatic heterocycles. The summed E-state index contributed by atoms with van der Waals surface area (Å²) in [7, 11) is 0. The first-order valence-electron chi connectivity index (χ1n) is 8.62. The molecule has 1 fully saturated rings. The van der Waals surface area contributed by atoms with E-state index in [9.17, 15) is 0 Å². The van der Waals surface area contributed by atoms with Crippen molar-refractivity contribution in [2.24, 2.45) is 0 Å². The maximum atomic E-state index is 4.25. The molecule has 1 heterocycles. The summed E-state index contributed by atoms with van der Waals surface area (Å²) < 4.78 is 0. The van der Waals surface area contributed by atoms with E-state index in [-0.39, 0.29) is 0 Å². The Balaban J connectivity index is 1.94. The maximum Gasteiger partial charge on any atom is 0.0126 e. The van der Waals surface area contributed by atoms with Gasteiger partial charge in [0, 0.05) is 31.7 Å². The van der Waals surface area contributed by atoms with E-state index >= 15 is 0 Å². The van der Waals surface area contributed by atoms with Crippen LogP contribution in [0.5, 0.6) is 0 Å². The summed E-state index contributed by atoms with van der Waals surface area (Å²) in [5.41, 5.74) is 0.346. The topological polar surface area (TPSA) is 6.48 Å². The van der Waals surface area contributed by atoms with E-state index in [0.717, 1.165) is 5.75 Å². The summed E-state index contributed by atoms with van der Waals surface area (Å²) in [6, 6.07) is 0. The molecule has 1 rings (SSSR count). The van der Waals surface area contributed by atoms with Crippen molar-refractivity contribution >= 4 is 12.6 Å². The molecule has 20 heavy (non-hydrogen) atoms. The molecule has 0 bridgehead atoms. The van der Waals surface area contributed by atoms with Crippen molar-refractivity contribution in [1.82, 2.24) is 9.80 Å². The highest BCUT2D eigenvalue weighted by Crippen LogP contribution is 2.16. The molecule has 0 saturated carbocycles. The zero-order valence-electron chi connectivity index (χ0n) is 14.0. The largest absolute Gasteiger partial charge is 0.301 e. The molecule has 0 aromatic carbocycles. The first-order chi connectivity index (χ1) is 9.54. The number of nitrogens with zero attached hydrogens (tertiary/aromatic N) is 2. The monoisotopic (exact) mass is 300 g/mol. The van der Waals surface area contributed by atoms with Gasteiger partial charge in [0.2, 0.25) is 0 Å². The standard InChI is InChI=1S/C17H36N2S/c1-17(2,3)19-14-12-18(13-15-19)11-9-7-5-4-6-8-10-16-20/h20H,4-16H2,1-3H3. The Bertz CT molecular complexity index is 230. The van der Waals surface area contributed by atoms with Gasteiger partial charge in [0.05, 0.1) is 0 Å². The summed E-state index contributed by atoms with van der Waals surface area (Å²) >= 11 is 4.25. The summed E-state index contributed by atoms with van der Waals surface area (Å²) in [5, 5.41) is 0. The lowest BCUT2D eigenvalue weighted by Gasteiger charge is -2.42. The van der Waals surface area contributed by atoms with Gasteiger partial charge >= 0.3 is 0 Å². The molecule has 0 N–H and O–H groups in total. The highest BCUT2D eigenvalue weighted by Gasteiger charge is 2.25. The molecule has 0 radical (unpaired) electrons. The van der Waals surface area contributed by atoms with E-state index in [0.29, 0.717) is 5.54 Å². The minimum absolute atomic E-state index is 0.346. The molecule has 120 valence electrons. The van der Waals surface area contributed by atoms with Gasteiger partial charge in [0.1, 0.15) is 0 Å². The molecule has 0 spiro atoms. The molecule has 0 aromatic rings. The van der Waals surface area contributed by atoms with Crippen LogP contribution in [-0.2, 0) is 0 Å². The Hall–Kier alpha value is 0.270. The van der Waals surface area contributed by atoms with Gasteiger partial charge in [-0.2, -0.15) is 12.6 Å². The smallest absolute Gasteiger partial charge is 0.0126 e. The van der Waals surface area contributed by atoms with Crippen molar-refractivity contribution in [2.45, 2.75) is 71.3 Å². The summed E-state index contributed by atoms with van der Waals surface area (Å²) in [6.07, 6.45) is 9.73. The van der Waals surface area contributed by atoms with Crippen LogP contribution in [0.25, 0.3) is 0 Å². The Morgan fingerprint density at radius 1 is 0.750 bits per heavy atom. The van der Waals surface area contributed by atoms with Gasteiger partial charge in [0.15, 0.2) is 0 Å². The second-order valence-corrected chi connectivity index (χ2v) is 7.65. The van der Waals surface area contributed by atoms with Gasteiger partial charge in [0.25, 0.3) is 0 Å². The minimum Gasteiger partial charge on any atom is -0.301 e. The van der Waals surface area contributed by atoms with E-state index in [1.807, 2.05) is 0 Å². The van der Waals surface area contributed by atoms with Crippen LogP contribution in [0.3, 0.4) is 0 Å². The Morgan fingerprint density at radius 2 is 1.25 bits per heavy atom. The second-order valence-electron chi connectivity index (χ2n) is 7.20. The lowest BCUT2D eigenvalue weighted by molar-refractivity contribution is 0.0616. The molecule has 2 nitrogen and oxygen atoms in total. The zero-order chi connectivity index (χ0) is 14.8. The maximum absolute atomic E-state index is 4.25. The first-order valence-corrected chi connectivity index (χ1v) is 9.25. The number of thiol groups is 1. The first kappa shape index (κ1) is 18.3. The van der Waals surface area contributed by atoms with Gasteiger partial charge in [-0.1, -0.05) is 32.1 Å². The van der Waals surface area contributed by atoms with Gasteiger partial charge in [-0.15, -0.1) is 0 Å². The van der Waals surface area contributed by atoms with Crippen molar-refractivity contribution in [3.63, 3.8) is 0 Å². The van der Waals surface area contributed by atoms with Crippen molar-refractivity contribution in [2.75, 3.05) is 38.5 Å². The number of hydrogen-bond acceptors (Lipinski definition) is 3. The summed E-state index contributed by atoms with van der Waals surface area (Å²) in [6.45, 7) is 13.3. The van der Waals surface area contributed by atoms with Crippen molar-refractivity contribution in [3.8, 4) is 0 Å². The molecule has 3 heteroatoms. The van der Waals surface area contributed by atoms with Gasteiger partial charge in [-0.25, -0.2) is 0 Å². The van der Waals surface area contributed by atoms with Crippen LogP contribution >= 0.6 is 12.6 Å². The van der Waals surface area contributed by atoms with Crippen LogP contribution in [-0.4, -0.2) is 53.8 Å². The fourth-order valence-corrected chi connectivity index (χ4v) is 3.20. The highest BCUT2D eigenvalue weighted by molar-refractivity contribution is 7.80. The Morgan fingerprint density at radius 3 is 1.75 bits per heavy atom. The van der Waals surface area contributed by atoms with Crippen molar-refractivity contribution in [1.29, 1.82) is 0 Å². The van der Waals surface area contributed by atoms with E-state index < -0.39 is 0 Å². The molecular formula is C17H36N2S. The second kappa shape index (κ2) is 10.1. The molecule has 1 aliphatic rings. The summed E-state index contributed by atoms with van der Waals surface area (Å²) in [5.74, 6) is 1.06. The normalized spacial score (nSPS) is 18.6. The Labute approximate surface area is 132 Å². The average molecular weight is 301 g/mol. The van der Waals surface area contributed by atoms with Crippen LogP contribution in [0.1, 0.15) is 65.7 Å².